The Kier molecular flexibility index (Phi) is 7.58. The van der Waals surface area contributed by atoms with Gasteiger partial charge in [0.2, 0.25) is 0 Å². The minimum atomic E-state index is -0.699. The molecule has 0 nitrogen and oxygen atoms in total. The lowest BCUT2D eigenvalue weighted by atomic mass is 9.65. The molecule has 0 radical (unpaired) electrons. The average molecular weight is 615 g/mol. The van der Waals surface area contributed by atoms with Crippen LogP contribution in [0, 0.1) is 30.6 Å². The number of hydrogen-bond acceptors (Lipinski definition) is 1. The predicted molar refractivity (Wildman–Crippen MR) is 193 cm³/mol. The summed E-state index contributed by atoms with van der Waals surface area (Å²) in [7, 11) is -1.30. The fourth-order valence-corrected chi connectivity index (χ4v) is 15.7. The van der Waals surface area contributed by atoms with Crippen molar-refractivity contribution in [3.63, 3.8) is 0 Å². The van der Waals surface area contributed by atoms with E-state index in [0.717, 1.165) is 0 Å². The highest BCUT2D eigenvalue weighted by Crippen LogP contribution is 2.74. The summed E-state index contributed by atoms with van der Waals surface area (Å²) in [6.45, 7) is 12.5. The molecule has 2 unspecified atom stereocenters. The van der Waals surface area contributed by atoms with Crippen LogP contribution < -0.4 is 26.5 Å². The van der Waals surface area contributed by atoms with Gasteiger partial charge in [0.1, 0.15) is 0 Å². The molecule has 3 heteroatoms. The van der Waals surface area contributed by atoms with Crippen LogP contribution in [0.5, 0.6) is 0 Å². The number of rotatable bonds is 7. The Balaban J connectivity index is 1.50. The minimum Gasteiger partial charge on any atom is -0.145 e. The fraction of sp³-hybridized carbons (Fsp3) is 0.250. The maximum atomic E-state index is 2.62. The Hall–Kier alpha value is -2.82. The zero-order chi connectivity index (χ0) is 29.8. The molecule has 0 N–H and O–H groups in total. The smallest absolute Gasteiger partial charge is 0.0103 e. The Bertz CT molecular complexity index is 1660. The van der Waals surface area contributed by atoms with Gasteiger partial charge < -0.3 is 0 Å². The summed E-state index contributed by atoms with van der Waals surface area (Å²) in [5, 5.41) is 7.49. The highest BCUT2D eigenvalue weighted by Gasteiger charge is 2.66. The number of fused-ring (bicyclic) bond motifs is 2. The van der Waals surface area contributed by atoms with Gasteiger partial charge in [-0.1, -0.05) is 154 Å². The number of benzene rings is 4. The van der Waals surface area contributed by atoms with Gasteiger partial charge in [0.15, 0.2) is 0 Å². The molecule has 0 aliphatic heterocycles. The predicted octanol–water partition coefficient (Wildman–Crippen LogP) is 8.94. The molecule has 4 atom stereocenters. The van der Waals surface area contributed by atoms with Crippen molar-refractivity contribution in [3.05, 3.63) is 149 Å². The first-order chi connectivity index (χ1) is 20.8. The summed E-state index contributed by atoms with van der Waals surface area (Å²) in [6.07, 6.45) is 5.22. The van der Waals surface area contributed by atoms with E-state index in [4.69, 9.17) is 0 Å². The van der Waals surface area contributed by atoms with Gasteiger partial charge in [-0.15, -0.1) is 11.3 Å². The summed E-state index contributed by atoms with van der Waals surface area (Å²) >= 11 is 2.03. The van der Waals surface area contributed by atoms with E-state index in [1.807, 2.05) is 11.3 Å². The third-order valence-electron chi connectivity index (χ3n) is 10.4. The minimum absolute atomic E-state index is 0.0634. The third kappa shape index (κ3) is 4.63. The molecule has 5 aromatic rings. The van der Waals surface area contributed by atoms with Gasteiger partial charge in [-0.2, -0.15) is 0 Å². The van der Waals surface area contributed by atoms with Crippen LogP contribution in [0.2, 0.25) is 0 Å². The average Bonchev–Trinajstić information content (AvgIpc) is 3.51. The second-order valence-corrected chi connectivity index (χ2v) is 18.8. The maximum absolute atomic E-state index is 2.62. The standard InChI is InChI=1S/C40H40P2S/c1-28-35(37(29(2)43-28)41(30-18-10-6-11-19-30)31-20-12-7-13-21-31)36-38(34-26-27-40(36,5)39(34,3)4)42(32-22-14-8-15-23-32)33-24-16-9-17-25-33/h6-27,34,36,38H,1-5H3/t34-,36?,38?,40+/m0/s1. The van der Waals surface area contributed by atoms with E-state index in [0.29, 0.717) is 17.5 Å². The fourth-order valence-electron chi connectivity index (χ4n) is 8.07. The first-order valence-corrected chi connectivity index (χ1v) is 19.0. The van der Waals surface area contributed by atoms with Gasteiger partial charge in [-0.25, -0.2) is 0 Å². The van der Waals surface area contributed by atoms with Crippen LogP contribution in [-0.2, 0) is 0 Å². The molecule has 4 aromatic carbocycles. The molecule has 1 heterocycles. The first kappa shape index (κ1) is 28.9. The van der Waals surface area contributed by atoms with Gasteiger partial charge in [-0.05, 0) is 73.2 Å². The van der Waals surface area contributed by atoms with E-state index in [9.17, 15) is 0 Å². The van der Waals surface area contributed by atoms with Gasteiger partial charge in [-0.3, -0.25) is 0 Å². The zero-order valence-electron chi connectivity index (χ0n) is 25.7. The molecular formula is C40H40P2S. The molecule has 7 rings (SSSR count). The van der Waals surface area contributed by atoms with Crippen LogP contribution in [0.15, 0.2) is 133 Å². The zero-order valence-corrected chi connectivity index (χ0v) is 28.3. The highest BCUT2D eigenvalue weighted by atomic mass is 32.1. The second-order valence-electron chi connectivity index (χ2n) is 12.9. The summed E-state index contributed by atoms with van der Waals surface area (Å²) in [5.41, 5.74) is 2.38. The second kappa shape index (κ2) is 11.3. The number of allylic oxidation sites excluding steroid dienone is 2. The summed E-state index contributed by atoms with van der Waals surface area (Å²) in [4.78, 5) is 3.00. The summed E-state index contributed by atoms with van der Waals surface area (Å²) < 4.78 is 0. The largest absolute Gasteiger partial charge is 0.145 e. The van der Waals surface area contributed by atoms with Crippen molar-refractivity contribution in [1.29, 1.82) is 0 Å². The maximum Gasteiger partial charge on any atom is 0.0103 e. The van der Waals surface area contributed by atoms with Crippen molar-refractivity contribution < 1.29 is 0 Å². The van der Waals surface area contributed by atoms with Crippen molar-refractivity contribution in [2.45, 2.75) is 46.2 Å². The molecule has 0 spiro atoms. The Labute approximate surface area is 264 Å². The van der Waals surface area contributed by atoms with Crippen LogP contribution in [-0.4, -0.2) is 5.66 Å². The molecule has 2 aliphatic carbocycles. The van der Waals surface area contributed by atoms with Gasteiger partial charge in [0.25, 0.3) is 0 Å². The van der Waals surface area contributed by atoms with Crippen molar-refractivity contribution in [2.24, 2.45) is 16.7 Å². The monoisotopic (exact) mass is 614 g/mol. The topological polar surface area (TPSA) is 0 Å². The van der Waals surface area contributed by atoms with Crippen LogP contribution in [0.3, 0.4) is 0 Å². The SMILES string of the molecule is Cc1sc(C)c(P(c2ccccc2)c2ccccc2)c1C1C(P(c2ccccc2)c2ccccc2)[C@@H]2C=C[C@@]1(C)C2(C)C. The molecule has 1 saturated carbocycles. The Morgan fingerprint density at radius 2 is 1.02 bits per heavy atom. The van der Waals surface area contributed by atoms with E-state index in [1.165, 1.54) is 31.0 Å². The van der Waals surface area contributed by atoms with Crippen LogP contribution in [0.25, 0.3) is 0 Å². The van der Waals surface area contributed by atoms with E-state index >= 15 is 0 Å². The lowest BCUT2D eigenvalue weighted by molar-refractivity contribution is 0.168. The molecule has 43 heavy (non-hydrogen) atoms. The van der Waals surface area contributed by atoms with Crippen LogP contribution >= 0.6 is 27.2 Å². The van der Waals surface area contributed by atoms with Gasteiger partial charge in [0.05, 0.1) is 0 Å². The van der Waals surface area contributed by atoms with E-state index in [1.54, 1.807) is 10.9 Å². The highest BCUT2D eigenvalue weighted by molar-refractivity contribution is 7.80. The van der Waals surface area contributed by atoms with Crippen molar-refractivity contribution in [3.8, 4) is 0 Å². The summed E-state index contributed by atoms with van der Waals surface area (Å²) in [6, 6.07) is 45.5. The first-order valence-electron chi connectivity index (χ1n) is 15.4. The van der Waals surface area contributed by atoms with Gasteiger partial charge >= 0.3 is 0 Å². The van der Waals surface area contributed by atoms with Crippen molar-refractivity contribution in [2.75, 3.05) is 0 Å². The van der Waals surface area contributed by atoms with Crippen LogP contribution in [0.1, 0.15) is 42.0 Å². The molecular weight excluding hydrogens is 574 g/mol. The van der Waals surface area contributed by atoms with Crippen molar-refractivity contribution in [1.82, 2.24) is 0 Å². The van der Waals surface area contributed by atoms with Crippen molar-refractivity contribution >= 4 is 53.7 Å². The van der Waals surface area contributed by atoms with E-state index < -0.39 is 15.8 Å². The van der Waals surface area contributed by atoms with Gasteiger partial charge in [0, 0.05) is 26.6 Å². The normalized spacial score (nSPS) is 23.8. The van der Waals surface area contributed by atoms with E-state index in [-0.39, 0.29) is 10.8 Å². The van der Waals surface area contributed by atoms with E-state index in [2.05, 4.69) is 168 Å². The Morgan fingerprint density at radius 1 is 0.581 bits per heavy atom. The Morgan fingerprint density at radius 3 is 1.49 bits per heavy atom. The van der Waals surface area contributed by atoms with Crippen LogP contribution in [0.4, 0.5) is 0 Å². The molecule has 0 amide bonds. The molecule has 2 bridgehead atoms. The molecule has 1 aromatic heterocycles. The molecule has 216 valence electrons. The summed E-state index contributed by atoms with van der Waals surface area (Å²) in [5.74, 6) is 0.947. The lowest BCUT2D eigenvalue weighted by Crippen LogP contribution is -2.37. The molecule has 1 fully saturated rings. The number of hydrogen-bond donors (Lipinski definition) is 0. The number of thiophene rings is 1. The third-order valence-corrected chi connectivity index (χ3v) is 17.2. The molecule has 2 aliphatic rings. The lowest BCUT2D eigenvalue weighted by Gasteiger charge is -2.42. The molecule has 0 saturated heterocycles. The quantitative estimate of drug-likeness (QED) is 0.127. The number of aryl methyl sites for hydroxylation is 2.